The van der Waals surface area contributed by atoms with Gasteiger partial charge in [0.15, 0.2) is 0 Å². The molecule has 0 fully saturated rings. The molecule has 0 spiro atoms. The molecule has 0 aromatic heterocycles. The summed E-state index contributed by atoms with van der Waals surface area (Å²) < 4.78 is 0. The molecule has 0 saturated heterocycles. The van der Waals surface area contributed by atoms with E-state index >= 15 is 0 Å². The maximum atomic E-state index is 2.31. The zero-order valence-electron chi connectivity index (χ0n) is 14.3. The van der Waals surface area contributed by atoms with Crippen molar-refractivity contribution in [2.24, 2.45) is 0 Å². The molecular weight excluding hydrogens is 240 g/mol. The minimum atomic E-state index is 1.37. The van der Waals surface area contributed by atoms with Crippen molar-refractivity contribution in [3.05, 3.63) is 11.1 Å². The van der Waals surface area contributed by atoms with Crippen molar-refractivity contribution in [3.8, 4) is 0 Å². The summed E-state index contributed by atoms with van der Waals surface area (Å²) in [5.74, 6) is 0. The maximum absolute atomic E-state index is 2.31. The number of allylic oxidation sites excluding steroid dienone is 2. The molecule has 118 valence electrons. The van der Waals surface area contributed by atoms with E-state index in [0.717, 1.165) is 0 Å². The highest BCUT2D eigenvalue weighted by atomic mass is 14.2. The fraction of sp³-hybridized carbons (Fsp3) is 0.900. The molecule has 0 aromatic carbocycles. The van der Waals surface area contributed by atoms with Gasteiger partial charge in [-0.3, -0.25) is 0 Å². The summed E-state index contributed by atoms with van der Waals surface area (Å²) in [6.45, 7) is 4.61. The summed E-state index contributed by atoms with van der Waals surface area (Å²) in [7, 11) is 0. The molecule has 20 heavy (non-hydrogen) atoms. The second-order valence-corrected chi connectivity index (χ2v) is 6.74. The molecule has 0 heterocycles. The van der Waals surface area contributed by atoms with Gasteiger partial charge in [0.05, 0.1) is 0 Å². The number of hydrogen-bond acceptors (Lipinski definition) is 0. The Kier molecular flexibility index (Phi) is 11.1. The molecule has 1 aliphatic rings. The van der Waals surface area contributed by atoms with Gasteiger partial charge in [0.25, 0.3) is 0 Å². The van der Waals surface area contributed by atoms with Crippen LogP contribution in [0.3, 0.4) is 0 Å². The van der Waals surface area contributed by atoms with Crippen molar-refractivity contribution in [2.45, 2.75) is 117 Å². The van der Waals surface area contributed by atoms with Crippen LogP contribution in [-0.4, -0.2) is 0 Å². The Morgan fingerprint density at radius 2 is 0.950 bits per heavy atom. The third kappa shape index (κ3) is 8.12. The summed E-state index contributed by atoms with van der Waals surface area (Å²) in [6.07, 6.45) is 23.0. The third-order valence-corrected chi connectivity index (χ3v) is 4.87. The average molecular weight is 279 g/mol. The van der Waals surface area contributed by atoms with Crippen molar-refractivity contribution in [3.63, 3.8) is 0 Å². The van der Waals surface area contributed by atoms with Gasteiger partial charge in [-0.2, -0.15) is 0 Å². The van der Waals surface area contributed by atoms with E-state index < -0.39 is 0 Å². The molecule has 0 atom stereocenters. The van der Waals surface area contributed by atoms with Gasteiger partial charge in [0.1, 0.15) is 0 Å². The predicted octanol–water partition coefficient (Wildman–Crippen LogP) is 7.58. The quantitative estimate of drug-likeness (QED) is 0.255. The standard InChI is InChI=1S/C20H38/c1-3-5-7-9-11-15-19-17-13-14-18-20(19)16-12-10-8-6-4-2/h3-18H2,1-2H3. The molecule has 0 heteroatoms. The molecule has 0 amide bonds. The Morgan fingerprint density at radius 3 is 1.35 bits per heavy atom. The molecule has 0 unspecified atom stereocenters. The third-order valence-electron chi connectivity index (χ3n) is 4.87. The fourth-order valence-electron chi connectivity index (χ4n) is 3.52. The molecule has 1 rings (SSSR count). The summed E-state index contributed by atoms with van der Waals surface area (Å²) in [4.78, 5) is 0. The van der Waals surface area contributed by atoms with E-state index in [2.05, 4.69) is 13.8 Å². The lowest BCUT2D eigenvalue weighted by molar-refractivity contribution is 0.567. The number of unbranched alkanes of at least 4 members (excludes halogenated alkanes) is 8. The van der Waals surface area contributed by atoms with E-state index in [1.807, 2.05) is 11.1 Å². The van der Waals surface area contributed by atoms with Gasteiger partial charge < -0.3 is 0 Å². The molecule has 0 nitrogen and oxygen atoms in total. The largest absolute Gasteiger partial charge is 0.0710 e. The SMILES string of the molecule is CCCCCCCC1=C(CCCCCCC)CCCC1. The second-order valence-electron chi connectivity index (χ2n) is 6.74. The molecule has 1 aliphatic carbocycles. The van der Waals surface area contributed by atoms with Crippen LogP contribution in [0, 0.1) is 0 Å². The minimum absolute atomic E-state index is 1.37. The van der Waals surface area contributed by atoms with E-state index in [-0.39, 0.29) is 0 Å². The zero-order valence-corrected chi connectivity index (χ0v) is 14.3. The van der Waals surface area contributed by atoms with Crippen LogP contribution in [0.15, 0.2) is 11.1 Å². The van der Waals surface area contributed by atoms with Gasteiger partial charge >= 0.3 is 0 Å². The monoisotopic (exact) mass is 278 g/mol. The Hall–Kier alpha value is -0.260. The highest BCUT2D eigenvalue weighted by molar-refractivity contribution is 5.17. The van der Waals surface area contributed by atoms with Crippen LogP contribution in [0.1, 0.15) is 117 Å². The van der Waals surface area contributed by atoms with Gasteiger partial charge in [-0.1, -0.05) is 76.4 Å². The van der Waals surface area contributed by atoms with Crippen LogP contribution in [0.5, 0.6) is 0 Å². The van der Waals surface area contributed by atoms with Crippen molar-refractivity contribution in [2.75, 3.05) is 0 Å². The predicted molar refractivity (Wildman–Crippen MR) is 92.2 cm³/mol. The van der Waals surface area contributed by atoms with Crippen molar-refractivity contribution >= 4 is 0 Å². The summed E-state index contributed by atoms with van der Waals surface area (Å²) in [5, 5.41) is 0. The lowest BCUT2D eigenvalue weighted by atomic mass is 9.86. The zero-order chi connectivity index (χ0) is 14.5. The first-order valence-corrected chi connectivity index (χ1v) is 9.58. The summed E-state index contributed by atoms with van der Waals surface area (Å²) in [6, 6.07) is 0. The first-order chi connectivity index (χ1) is 9.88. The molecule has 0 bridgehead atoms. The first kappa shape index (κ1) is 17.8. The lowest BCUT2D eigenvalue weighted by Gasteiger charge is -2.21. The van der Waals surface area contributed by atoms with Crippen molar-refractivity contribution in [1.82, 2.24) is 0 Å². The molecule has 0 aromatic rings. The normalized spacial score (nSPS) is 15.9. The highest BCUT2D eigenvalue weighted by Crippen LogP contribution is 2.31. The summed E-state index contributed by atoms with van der Waals surface area (Å²) in [5.41, 5.74) is 3.76. The van der Waals surface area contributed by atoms with Crippen molar-refractivity contribution in [1.29, 1.82) is 0 Å². The second kappa shape index (κ2) is 12.5. The van der Waals surface area contributed by atoms with Crippen LogP contribution in [0.4, 0.5) is 0 Å². The Morgan fingerprint density at radius 1 is 0.550 bits per heavy atom. The van der Waals surface area contributed by atoms with E-state index in [4.69, 9.17) is 0 Å². The van der Waals surface area contributed by atoms with Gasteiger partial charge in [0, 0.05) is 0 Å². The molecule has 0 saturated carbocycles. The minimum Gasteiger partial charge on any atom is -0.0710 e. The van der Waals surface area contributed by atoms with Crippen LogP contribution < -0.4 is 0 Å². The van der Waals surface area contributed by atoms with Crippen LogP contribution in [-0.2, 0) is 0 Å². The first-order valence-electron chi connectivity index (χ1n) is 9.58. The Bertz CT molecular complexity index is 223. The Balaban J connectivity index is 2.22. The molecule has 0 radical (unpaired) electrons. The van der Waals surface area contributed by atoms with E-state index in [9.17, 15) is 0 Å². The summed E-state index contributed by atoms with van der Waals surface area (Å²) >= 11 is 0. The molecule has 0 aliphatic heterocycles. The van der Waals surface area contributed by atoms with E-state index in [1.54, 1.807) is 0 Å². The smallest absolute Gasteiger partial charge is 0.0318 e. The van der Waals surface area contributed by atoms with E-state index in [1.165, 1.54) is 103 Å². The number of rotatable bonds is 12. The van der Waals surface area contributed by atoms with Gasteiger partial charge in [-0.05, 0) is 51.4 Å². The molecule has 0 N–H and O–H groups in total. The average Bonchev–Trinajstić information content (AvgIpc) is 2.48. The lowest BCUT2D eigenvalue weighted by Crippen LogP contribution is -2.01. The highest BCUT2D eigenvalue weighted by Gasteiger charge is 2.12. The van der Waals surface area contributed by atoms with Gasteiger partial charge in [-0.15, -0.1) is 0 Å². The van der Waals surface area contributed by atoms with E-state index in [0.29, 0.717) is 0 Å². The van der Waals surface area contributed by atoms with Gasteiger partial charge in [0.2, 0.25) is 0 Å². The van der Waals surface area contributed by atoms with Crippen LogP contribution in [0.2, 0.25) is 0 Å². The fourth-order valence-corrected chi connectivity index (χ4v) is 3.52. The number of hydrogen-bond donors (Lipinski definition) is 0. The topological polar surface area (TPSA) is 0 Å². The Labute approximate surface area is 128 Å². The van der Waals surface area contributed by atoms with Crippen LogP contribution in [0.25, 0.3) is 0 Å². The van der Waals surface area contributed by atoms with Gasteiger partial charge in [-0.25, -0.2) is 0 Å². The maximum Gasteiger partial charge on any atom is -0.0318 e. The van der Waals surface area contributed by atoms with Crippen LogP contribution >= 0.6 is 0 Å². The van der Waals surface area contributed by atoms with Crippen molar-refractivity contribution < 1.29 is 0 Å². The molecular formula is C20H38.